The van der Waals surface area contributed by atoms with E-state index in [2.05, 4.69) is 41.5 Å². The summed E-state index contributed by atoms with van der Waals surface area (Å²) in [5.74, 6) is 0.177. The Balaban J connectivity index is 1.61. The number of rotatable bonds is 5. The Kier molecular flexibility index (Phi) is 5.12. The predicted molar refractivity (Wildman–Crippen MR) is 94.9 cm³/mol. The lowest BCUT2D eigenvalue weighted by Gasteiger charge is -2.07. The number of nitrogens with zero attached hydrogens (tertiary/aromatic N) is 3. The third kappa shape index (κ3) is 4.14. The molecule has 0 aliphatic heterocycles. The van der Waals surface area contributed by atoms with Gasteiger partial charge < -0.3 is 10.6 Å². The molecule has 2 aromatic heterocycles. The summed E-state index contributed by atoms with van der Waals surface area (Å²) in [5, 5.41) is 5.87. The van der Waals surface area contributed by atoms with E-state index in [4.69, 9.17) is 0 Å². The maximum Gasteiger partial charge on any atom is 0.254 e. The van der Waals surface area contributed by atoms with Crippen molar-refractivity contribution >= 4 is 33.5 Å². The molecular formula is C17H14BrN5O. The minimum absolute atomic E-state index is 0.243. The van der Waals surface area contributed by atoms with Gasteiger partial charge in [0, 0.05) is 23.1 Å². The van der Waals surface area contributed by atoms with Crippen LogP contribution >= 0.6 is 15.9 Å². The molecule has 0 unspecified atom stereocenters. The number of halogens is 1. The van der Waals surface area contributed by atoms with Gasteiger partial charge in [-0.3, -0.25) is 9.78 Å². The summed E-state index contributed by atoms with van der Waals surface area (Å²) in [7, 11) is 0. The Hall–Kier alpha value is -2.80. The molecule has 120 valence electrons. The monoisotopic (exact) mass is 383 g/mol. The van der Waals surface area contributed by atoms with E-state index in [1.165, 1.54) is 12.4 Å². The Morgan fingerprint density at radius 2 is 1.75 bits per heavy atom. The molecule has 3 aromatic rings. The molecule has 1 aromatic carbocycles. The van der Waals surface area contributed by atoms with Crippen LogP contribution in [0.2, 0.25) is 0 Å². The molecule has 6 nitrogen and oxygen atoms in total. The van der Waals surface area contributed by atoms with Crippen LogP contribution in [-0.2, 0) is 6.54 Å². The quantitative estimate of drug-likeness (QED) is 0.706. The topological polar surface area (TPSA) is 79.8 Å². The number of pyridine rings is 1. The fourth-order valence-corrected chi connectivity index (χ4v) is 2.35. The number of amides is 1. The number of carbonyl (C=O) groups excluding carboxylic acids is 1. The highest BCUT2D eigenvalue weighted by atomic mass is 79.9. The number of hydrogen-bond acceptors (Lipinski definition) is 5. The minimum atomic E-state index is -0.243. The molecule has 0 fully saturated rings. The maximum absolute atomic E-state index is 12.1. The van der Waals surface area contributed by atoms with Crippen molar-refractivity contribution in [1.29, 1.82) is 0 Å². The van der Waals surface area contributed by atoms with Gasteiger partial charge in [0.15, 0.2) is 0 Å². The highest BCUT2D eigenvalue weighted by Gasteiger charge is 2.08. The summed E-state index contributed by atoms with van der Waals surface area (Å²) >= 11 is 3.45. The molecule has 7 heteroatoms. The molecule has 2 N–H and O–H groups in total. The van der Waals surface area contributed by atoms with Crippen molar-refractivity contribution in [2.24, 2.45) is 0 Å². The van der Waals surface area contributed by atoms with E-state index in [1.54, 1.807) is 6.20 Å². The first-order valence-corrected chi connectivity index (χ1v) is 8.03. The number of para-hydroxylation sites is 1. The maximum atomic E-state index is 12.1. The van der Waals surface area contributed by atoms with E-state index in [0.717, 1.165) is 15.9 Å². The fourth-order valence-electron chi connectivity index (χ4n) is 1.97. The van der Waals surface area contributed by atoms with Crippen molar-refractivity contribution in [3.8, 4) is 0 Å². The number of anilines is 2. The zero-order chi connectivity index (χ0) is 16.8. The summed E-state index contributed by atoms with van der Waals surface area (Å²) in [4.78, 5) is 24.6. The van der Waals surface area contributed by atoms with Crippen LogP contribution in [0, 0.1) is 0 Å². The van der Waals surface area contributed by atoms with Crippen LogP contribution in [0.5, 0.6) is 0 Å². The Bertz CT molecular complexity index is 824. The Labute approximate surface area is 147 Å². The van der Waals surface area contributed by atoms with Crippen molar-refractivity contribution in [3.05, 3.63) is 76.8 Å². The van der Waals surface area contributed by atoms with Gasteiger partial charge in [-0.05, 0) is 40.2 Å². The first-order chi connectivity index (χ1) is 11.7. The third-order valence-electron chi connectivity index (χ3n) is 3.19. The van der Waals surface area contributed by atoms with Gasteiger partial charge in [-0.25, -0.2) is 9.97 Å². The molecule has 0 atom stereocenters. The molecule has 1 amide bonds. The number of benzene rings is 1. The van der Waals surface area contributed by atoms with Gasteiger partial charge in [0.05, 0.1) is 23.5 Å². The SMILES string of the molecule is O=C(NCc1ccccn1)c1cnc(Nc2ccccc2Br)nc1. The highest BCUT2D eigenvalue weighted by Crippen LogP contribution is 2.23. The van der Waals surface area contributed by atoms with Crippen LogP contribution in [0.4, 0.5) is 11.6 Å². The van der Waals surface area contributed by atoms with Crippen LogP contribution in [0.25, 0.3) is 0 Å². The summed E-state index contributed by atoms with van der Waals surface area (Å²) in [6.07, 6.45) is 4.66. The average molecular weight is 384 g/mol. The molecule has 2 heterocycles. The van der Waals surface area contributed by atoms with Gasteiger partial charge in [-0.1, -0.05) is 18.2 Å². The lowest BCUT2D eigenvalue weighted by Crippen LogP contribution is -2.23. The van der Waals surface area contributed by atoms with Crippen molar-refractivity contribution in [2.45, 2.75) is 6.54 Å². The Morgan fingerprint density at radius 1 is 1.00 bits per heavy atom. The summed E-state index contributed by atoms with van der Waals surface area (Å²) in [6, 6.07) is 13.2. The Morgan fingerprint density at radius 3 is 2.46 bits per heavy atom. The zero-order valence-electron chi connectivity index (χ0n) is 12.6. The van der Waals surface area contributed by atoms with Crippen LogP contribution in [0.15, 0.2) is 65.5 Å². The molecule has 0 saturated carbocycles. The van der Waals surface area contributed by atoms with Gasteiger partial charge in [0.2, 0.25) is 5.95 Å². The second-order valence-corrected chi connectivity index (χ2v) is 5.76. The van der Waals surface area contributed by atoms with E-state index in [9.17, 15) is 4.79 Å². The summed E-state index contributed by atoms with van der Waals surface area (Å²) in [5.41, 5.74) is 2.03. The van der Waals surface area contributed by atoms with E-state index in [0.29, 0.717) is 18.1 Å². The van der Waals surface area contributed by atoms with Crippen LogP contribution in [-0.4, -0.2) is 20.9 Å². The van der Waals surface area contributed by atoms with Crippen LogP contribution < -0.4 is 10.6 Å². The number of hydrogen-bond donors (Lipinski definition) is 2. The first kappa shape index (κ1) is 16.1. The summed E-state index contributed by atoms with van der Waals surface area (Å²) < 4.78 is 0.908. The molecule has 3 rings (SSSR count). The van der Waals surface area contributed by atoms with E-state index in [1.807, 2.05) is 42.5 Å². The third-order valence-corrected chi connectivity index (χ3v) is 3.88. The normalized spacial score (nSPS) is 10.2. The smallest absolute Gasteiger partial charge is 0.254 e. The van der Waals surface area contributed by atoms with Crippen molar-refractivity contribution in [1.82, 2.24) is 20.3 Å². The van der Waals surface area contributed by atoms with Gasteiger partial charge in [0.1, 0.15) is 0 Å². The van der Waals surface area contributed by atoms with Crippen LogP contribution in [0.1, 0.15) is 16.1 Å². The molecule has 0 aliphatic carbocycles. The molecule has 0 radical (unpaired) electrons. The lowest BCUT2D eigenvalue weighted by molar-refractivity contribution is 0.0949. The molecule has 0 saturated heterocycles. The van der Waals surface area contributed by atoms with E-state index < -0.39 is 0 Å². The molecule has 0 spiro atoms. The van der Waals surface area contributed by atoms with E-state index in [-0.39, 0.29) is 5.91 Å². The molecule has 0 aliphatic rings. The number of carbonyl (C=O) groups is 1. The fraction of sp³-hybridized carbons (Fsp3) is 0.0588. The van der Waals surface area contributed by atoms with Gasteiger partial charge in [-0.2, -0.15) is 0 Å². The molecular weight excluding hydrogens is 370 g/mol. The second-order valence-electron chi connectivity index (χ2n) is 4.90. The van der Waals surface area contributed by atoms with E-state index >= 15 is 0 Å². The van der Waals surface area contributed by atoms with Crippen molar-refractivity contribution in [2.75, 3.05) is 5.32 Å². The van der Waals surface area contributed by atoms with Crippen LogP contribution in [0.3, 0.4) is 0 Å². The largest absolute Gasteiger partial charge is 0.346 e. The zero-order valence-corrected chi connectivity index (χ0v) is 14.2. The summed E-state index contributed by atoms with van der Waals surface area (Å²) in [6.45, 7) is 0.358. The lowest BCUT2D eigenvalue weighted by atomic mass is 10.3. The van der Waals surface area contributed by atoms with Gasteiger partial charge >= 0.3 is 0 Å². The molecule has 0 bridgehead atoms. The van der Waals surface area contributed by atoms with Gasteiger partial charge in [0.25, 0.3) is 5.91 Å². The second kappa shape index (κ2) is 7.65. The van der Waals surface area contributed by atoms with Gasteiger partial charge in [-0.15, -0.1) is 0 Å². The van der Waals surface area contributed by atoms with Crippen molar-refractivity contribution in [3.63, 3.8) is 0 Å². The predicted octanol–water partition coefficient (Wildman–Crippen LogP) is 3.31. The highest BCUT2D eigenvalue weighted by molar-refractivity contribution is 9.10. The first-order valence-electron chi connectivity index (χ1n) is 7.24. The number of nitrogens with one attached hydrogen (secondary N) is 2. The number of aromatic nitrogens is 3. The average Bonchev–Trinajstić information content (AvgIpc) is 2.63. The standard InChI is InChI=1S/C17H14BrN5O/c18-14-6-1-2-7-15(14)23-17-21-9-12(10-22-17)16(24)20-11-13-5-3-4-8-19-13/h1-10H,11H2,(H,20,24)(H,21,22,23). The molecule has 24 heavy (non-hydrogen) atoms. The van der Waals surface area contributed by atoms with Crippen molar-refractivity contribution < 1.29 is 4.79 Å². The minimum Gasteiger partial charge on any atom is -0.346 e.